The van der Waals surface area contributed by atoms with E-state index in [1.807, 2.05) is 0 Å². The quantitative estimate of drug-likeness (QED) is 0.865. The number of piperidine rings is 1. The van der Waals surface area contributed by atoms with Gasteiger partial charge in [0.15, 0.2) is 0 Å². The Bertz CT molecular complexity index is 338. The maximum absolute atomic E-state index is 9.64. The van der Waals surface area contributed by atoms with E-state index in [4.69, 9.17) is 0 Å². The van der Waals surface area contributed by atoms with Gasteiger partial charge in [-0.05, 0) is 37.4 Å². The Balaban J connectivity index is 1.98. The first kappa shape index (κ1) is 13.6. The van der Waals surface area contributed by atoms with Crippen molar-refractivity contribution < 1.29 is 5.11 Å². The molecule has 1 aromatic rings. The maximum atomic E-state index is 9.64. The molecule has 0 spiro atoms. The Labute approximate surface area is 111 Å². The van der Waals surface area contributed by atoms with E-state index < -0.39 is 0 Å². The molecule has 2 rings (SSSR count). The molecule has 1 heterocycles. The third-order valence-electron chi connectivity index (χ3n) is 4.11. The van der Waals surface area contributed by atoms with Crippen molar-refractivity contribution in [3.05, 3.63) is 35.9 Å². The van der Waals surface area contributed by atoms with E-state index in [0.29, 0.717) is 18.4 Å². The molecule has 1 aliphatic heterocycles. The molecular weight excluding hydrogens is 222 g/mol. The van der Waals surface area contributed by atoms with Crippen LogP contribution in [0, 0.1) is 5.92 Å². The average molecular weight is 247 g/mol. The molecule has 0 amide bonds. The minimum absolute atomic E-state index is 0.308. The zero-order valence-corrected chi connectivity index (χ0v) is 11.4. The Morgan fingerprint density at radius 3 is 2.72 bits per heavy atom. The van der Waals surface area contributed by atoms with Gasteiger partial charge in [0, 0.05) is 19.1 Å². The molecule has 0 aromatic heterocycles. The van der Waals surface area contributed by atoms with Gasteiger partial charge in [0.05, 0.1) is 0 Å². The van der Waals surface area contributed by atoms with Crippen LogP contribution in [-0.4, -0.2) is 36.2 Å². The molecule has 1 fully saturated rings. The first-order valence-corrected chi connectivity index (χ1v) is 7.23. The van der Waals surface area contributed by atoms with Gasteiger partial charge in [-0.25, -0.2) is 0 Å². The van der Waals surface area contributed by atoms with E-state index in [-0.39, 0.29) is 0 Å². The highest BCUT2D eigenvalue weighted by Gasteiger charge is 2.29. The lowest BCUT2D eigenvalue weighted by Gasteiger charge is -2.38. The molecule has 1 aromatic carbocycles. The SMILES string of the molecule is CCCCN1CC[C@H](c2ccccc2)[C@H](CO)C1. The van der Waals surface area contributed by atoms with Gasteiger partial charge >= 0.3 is 0 Å². The summed E-state index contributed by atoms with van der Waals surface area (Å²) >= 11 is 0. The van der Waals surface area contributed by atoms with Crippen LogP contribution < -0.4 is 0 Å². The third-order valence-corrected chi connectivity index (χ3v) is 4.11. The van der Waals surface area contributed by atoms with Crippen LogP contribution in [0.2, 0.25) is 0 Å². The molecule has 18 heavy (non-hydrogen) atoms. The molecule has 0 radical (unpaired) electrons. The second-order valence-corrected chi connectivity index (χ2v) is 5.40. The number of hydrogen-bond donors (Lipinski definition) is 1. The monoisotopic (exact) mass is 247 g/mol. The van der Waals surface area contributed by atoms with Gasteiger partial charge in [0.25, 0.3) is 0 Å². The summed E-state index contributed by atoms with van der Waals surface area (Å²) in [6, 6.07) is 10.7. The van der Waals surface area contributed by atoms with E-state index in [2.05, 4.69) is 42.2 Å². The normalized spacial score (nSPS) is 25.2. The molecule has 0 unspecified atom stereocenters. The number of aliphatic hydroxyl groups is 1. The number of likely N-dealkylation sites (tertiary alicyclic amines) is 1. The standard InChI is InChI=1S/C16H25NO/c1-2-3-10-17-11-9-16(15(12-17)13-18)14-7-5-4-6-8-14/h4-8,15-16,18H,2-3,9-13H2,1H3/t15-,16+/m0/s1. The molecule has 100 valence electrons. The fourth-order valence-electron chi connectivity index (χ4n) is 3.02. The maximum Gasteiger partial charge on any atom is 0.0477 e. The molecule has 1 aliphatic rings. The van der Waals surface area contributed by atoms with Crippen molar-refractivity contribution in [3.63, 3.8) is 0 Å². The molecule has 0 bridgehead atoms. The highest BCUT2D eigenvalue weighted by molar-refractivity contribution is 5.21. The highest BCUT2D eigenvalue weighted by Crippen LogP contribution is 2.32. The highest BCUT2D eigenvalue weighted by atomic mass is 16.3. The Hall–Kier alpha value is -0.860. The fourth-order valence-corrected chi connectivity index (χ4v) is 3.02. The van der Waals surface area contributed by atoms with Gasteiger partial charge in [0.2, 0.25) is 0 Å². The van der Waals surface area contributed by atoms with Crippen molar-refractivity contribution >= 4 is 0 Å². The zero-order chi connectivity index (χ0) is 12.8. The van der Waals surface area contributed by atoms with Crippen LogP contribution >= 0.6 is 0 Å². The number of unbranched alkanes of at least 4 members (excludes halogenated alkanes) is 1. The molecule has 1 saturated heterocycles. The van der Waals surface area contributed by atoms with Gasteiger partial charge in [-0.1, -0.05) is 43.7 Å². The molecule has 0 aliphatic carbocycles. The molecule has 1 N–H and O–H groups in total. The van der Waals surface area contributed by atoms with Gasteiger partial charge in [-0.15, -0.1) is 0 Å². The summed E-state index contributed by atoms with van der Waals surface area (Å²) in [6.45, 7) is 5.96. The summed E-state index contributed by atoms with van der Waals surface area (Å²) in [7, 11) is 0. The summed E-state index contributed by atoms with van der Waals surface area (Å²) < 4.78 is 0. The first-order chi connectivity index (χ1) is 8.85. The van der Waals surface area contributed by atoms with Crippen molar-refractivity contribution in [1.29, 1.82) is 0 Å². The summed E-state index contributed by atoms with van der Waals surface area (Å²) in [4.78, 5) is 2.52. The number of rotatable bonds is 5. The fraction of sp³-hybridized carbons (Fsp3) is 0.625. The van der Waals surface area contributed by atoms with Crippen LogP contribution in [0.15, 0.2) is 30.3 Å². The van der Waals surface area contributed by atoms with Crippen LogP contribution in [0.3, 0.4) is 0 Å². The van der Waals surface area contributed by atoms with Gasteiger partial charge < -0.3 is 10.0 Å². The number of nitrogens with zero attached hydrogens (tertiary/aromatic N) is 1. The number of hydrogen-bond acceptors (Lipinski definition) is 2. The van der Waals surface area contributed by atoms with E-state index in [9.17, 15) is 5.11 Å². The summed E-state index contributed by atoms with van der Waals surface area (Å²) in [5.74, 6) is 0.937. The van der Waals surface area contributed by atoms with Crippen LogP contribution in [0.5, 0.6) is 0 Å². The Morgan fingerprint density at radius 2 is 2.06 bits per heavy atom. The van der Waals surface area contributed by atoms with E-state index >= 15 is 0 Å². The van der Waals surface area contributed by atoms with Crippen LogP contribution in [0.4, 0.5) is 0 Å². The van der Waals surface area contributed by atoms with E-state index in [0.717, 1.165) is 6.54 Å². The van der Waals surface area contributed by atoms with E-state index in [1.54, 1.807) is 0 Å². The number of aliphatic hydroxyl groups excluding tert-OH is 1. The molecule has 2 nitrogen and oxygen atoms in total. The van der Waals surface area contributed by atoms with Crippen molar-refractivity contribution in [2.75, 3.05) is 26.2 Å². The van der Waals surface area contributed by atoms with Crippen LogP contribution in [0.1, 0.15) is 37.7 Å². The van der Waals surface area contributed by atoms with Gasteiger partial charge in [-0.2, -0.15) is 0 Å². The summed E-state index contributed by atoms with van der Waals surface area (Å²) in [5.41, 5.74) is 1.40. The third kappa shape index (κ3) is 3.33. The predicted molar refractivity (Wildman–Crippen MR) is 75.7 cm³/mol. The predicted octanol–water partition coefficient (Wildman–Crippen LogP) is 2.88. The summed E-state index contributed by atoms with van der Waals surface area (Å²) in [5, 5.41) is 9.64. The van der Waals surface area contributed by atoms with Gasteiger partial charge in [0.1, 0.15) is 0 Å². The minimum Gasteiger partial charge on any atom is -0.396 e. The average Bonchev–Trinajstić information content (AvgIpc) is 2.45. The lowest BCUT2D eigenvalue weighted by molar-refractivity contribution is 0.101. The second kappa shape index (κ2) is 6.91. The molecule has 2 atom stereocenters. The van der Waals surface area contributed by atoms with Gasteiger partial charge in [-0.3, -0.25) is 0 Å². The van der Waals surface area contributed by atoms with Crippen molar-refractivity contribution in [1.82, 2.24) is 4.90 Å². The number of benzene rings is 1. The van der Waals surface area contributed by atoms with Crippen LogP contribution in [-0.2, 0) is 0 Å². The van der Waals surface area contributed by atoms with Crippen molar-refractivity contribution in [2.24, 2.45) is 5.92 Å². The largest absolute Gasteiger partial charge is 0.396 e. The Morgan fingerprint density at radius 1 is 1.28 bits per heavy atom. The molecule has 0 saturated carbocycles. The molecule has 2 heteroatoms. The molecular formula is C16H25NO. The van der Waals surface area contributed by atoms with E-state index in [1.165, 1.54) is 37.9 Å². The van der Waals surface area contributed by atoms with Crippen LogP contribution in [0.25, 0.3) is 0 Å². The topological polar surface area (TPSA) is 23.5 Å². The summed E-state index contributed by atoms with van der Waals surface area (Å²) in [6.07, 6.45) is 3.70. The second-order valence-electron chi connectivity index (χ2n) is 5.40. The smallest absolute Gasteiger partial charge is 0.0477 e. The Kier molecular flexibility index (Phi) is 5.21. The van der Waals surface area contributed by atoms with Crippen molar-refractivity contribution in [2.45, 2.75) is 32.1 Å². The lowest BCUT2D eigenvalue weighted by Crippen LogP contribution is -2.41. The zero-order valence-electron chi connectivity index (χ0n) is 11.4. The minimum atomic E-state index is 0.308. The lowest BCUT2D eigenvalue weighted by atomic mass is 9.81. The van der Waals surface area contributed by atoms with Crippen molar-refractivity contribution in [3.8, 4) is 0 Å². The first-order valence-electron chi connectivity index (χ1n) is 7.23.